The number of nitrogens with one attached hydrogen (secondary N) is 1. The van der Waals surface area contributed by atoms with E-state index in [0.29, 0.717) is 0 Å². The second-order valence-corrected chi connectivity index (χ2v) is 4.95. The molecule has 1 aromatic carbocycles. The zero-order chi connectivity index (χ0) is 12.7. The molecule has 0 heterocycles. The summed E-state index contributed by atoms with van der Waals surface area (Å²) in [7, 11) is 1.69. The first kappa shape index (κ1) is 14.0. The maximum Gasteiger partial charge on any atom is 0.118 e. The normalized spacial score (nSPS) is 11.5. The van der Waals surface area contributed by atoms with Gasteiger partial charge in [0.15, 0.2) is 0 Å². The maximum atomic E-state index is 5.58. The van der Waals surface area contributed by atoms with E-state index in [-0.39, 0.29) is 5.54 Å². The molecule has 0 fully saturated rings. The highest BCUT2D eigenvalue weighted by molar-refractivity contribution is 5.27. The van der Waals surface area contributed by atoms with E-state index in [9.17, 15) is 0 Å². The van der Waals surface area contributed by atoms with Crippen molar-refractivity contribution in [1.29, 1.82) is 0 Å². The van der Waals surface area contributed by atoms with E-state index < -0.39 is 0 Å². The average Bonchev–Trinajstić information content (AvgIpc) is 2.29. The fourth-order valence-electron chi connectivity index (χ4n) is 1.79. The van der Waals surface area contributed by atoms with E-state index in [0.717, 1.165) is 31.7 Å². The summed E-state index contributed by atoms with van der Waals surface area (Å²) < 4.78 is 5.13. The first-order valence-electron chi connectivity index (χ1n) is 6.15. The van der Waals surface area contributed by atoms with Crippen molar-refractivity contribution >= 4 is 0 Å². The van der Waals surface area contributed by atoms with Crippen LogP contribution >= 0.6 is 0 Å². The van der Waals surface area contributed by atoms with Crippen LogP contribution in [0.25, 0.3) is 0 Å². The predicted molar refractivity (Wildman–Crippen MR) is 72.5 cm³/mol. The molecular formula is C14H24N2O. The lowest BCUT2D eigenvalue weighted by molar-refractivity contribution is 0.370. The van der Waals surface area contributed by atoms with Crippen molar-refractivity contribution in [3.05, 3.63) is 29.8 Å². The molecule has 0 radical (unpaired) electrons. The average molecular weight is 236 g/mol. The lowest BCUT2D eigenvalue weighted by Crippen LogP contribution is -2.41. The number of hydrogen-bond donors (Lipinski definition) is 2. The summed E-state index contributed by atoms with van der Waals surface area (Å²) in [5.74, 6) is 0.908. The van der Waals surface area contributed by atoms with Gasteiger partial charge in [-0.25, -0.2) is 0 Å². The van der Waals surface area contributed by atoms with Gasteiger partial charge in [-0.1, -0.05) is 12.1 Å². The topological polar surface area (TPSA) is 47.3 Å². The van der Waals surface area contributed by atoms with Crippen molar-refractivity contribution < 1.29 is 4.74 Å². The number of methoxy groups -OCH3 is 1. The predicted octanol–water partition coefficient (Wildman–Crippen LogP) is 1.95. The molecule has 96 valence electrons. The van der Waals surface area contributed by atoms with Crippen LogP contribution in [0.4, 0.5) is 0 Å². The van der Waals surface area contributed by atoms with Crippen molar-refractivity contribution in [2.75, 3.05) is 20.2 Å². The highest BCUT2D eigenvalue weighted by atomic mass is 16.5. The van der Waals surface area contributed by atoms with Gasteiger partial charge in [0, 0.05) is 5.54 Å². The second-order valence-electron chi connectivity index (χ2n) is 4.95. The smallest absolute Gasteiger partial charge is 0.118 e. The highest BCUT2D eigenvalue weighted by Gasteiger charge is 2.14. The van der Waals surface area contributed by atoms with E-state index in [2.05, 4.69) is 31.3 Å². The number of rotatable bonds is 7. The van der Waals surface area contributed by atoms with Crippen LogP contribution in [0.15, 0.2) is 24.3 Å². The summed E-state index contributed by atoms with van der Waals surface area (Å²) in [4.78, 5) is 0. The fraction of sp³-hybridized carbons (Fsp3) is 0.571. The largest absolute Gasteiger partial charge is 0.497 e. The van der Waals surface area contributed by atoms with Crippen LogP contribution in [0.2, 0.25) is 0 Å². The van der Waals surface area contributed by atoms with Gasteiger partial charge in [0.05, 0.1) is 7.11 Å². The molecule has 0 bridgehead atoms. The summed E-state index contributed by atoms with van der Waals surface area (Å²) in [5, 5.41) is 3.53. The molecule has 17 heavy (non-hydrogen) atoms. The molecule has 0 spiro atoms. The van der Waals surface area contributed by atoms with Gasteiger partial charge in [-0.2, -0.15) is 0 Å². The second kappa shape index (κ2) is 6.62. The Bertz CT molecular complexity index is 319. The monoisotopic (exact) mass is 236 g/mol. The first-order valence-corrected chi connectivity index (χ1v) is 6.15. The molecule has 0 amide bonds. The minimum Gasteiger partial charge on any atom is -0.497 e. The van der Waals surface area contributed by atoms with Crippen molar-refractivity contribution in [1.82, 2.24) is 5.32 Å². The van der Waals surface area contributed by atoms with Gasteiger partial charge in [-0.3, -0.25) is 0 Å². The van der Waals surface area contributed by atoms with Crippen LogP contribution in [-0.4, -0.2) is 25.7 Å². The van der Waals surface area contributed by atoms with Crippen molar-refractivity contribution in [2.24, 2.45) is 5.73 Å². The highest BCUT2D eigenvalue weighted by Crippen LogP contribution is 2.12. The summed E-state index contributed by atoms with van der Waals surface area (Å²) >= 11 is 0. The Balaban J connectivity index is 2.35. The lowest BCUT2D eigenvalue weighted by atomic mass is 10.0. The van der Waals surface area contributed by atoms with Gasteiger partial charge in [-0.15, -0.1) is 0 Å². The molecule has 3 nitrogen and oxygen atoms in total. The molecule has 0 aromatic heterocycles. The van der Waals surface area contributed by atoms with Crippen LogP contribution in [-0.2, 0) is 6.42 Å². The maximum absolute atomic E-state index is 5.58. The minimum absolute atomic E-state index is 0.126. The third-order valence-corrected chi connectivity index (χ3v) is 2.95. The molecule has 0 aliphatic carbocycles. The van der Waals surface area contributed by atoms with E-state index in [4.69, 9.17) is 10.5 Å². The van der Waals surface area contributed by atoms with Crippen LogP contribution in [0, 0.1) is 0 Å². The molecule has 1 rings (SSSR count). The number of nitrogens with two attached hydrogens (primary N) is 1. The fourth-order valence-corrected chi connectivity index (χ4v) is 1.79. The minimum atomic E-state index is 0.126. The Hall–Kier alpha value is -1.06. The zero-order valence-corrected chi connectivity index (χ0v) is 11.1. The van der Waals surface area contributed by atoms with Crippen LogP contribution in [0.5, 0.6) is 5.75 Å². The van der Waals surface area contributed by atoms with Gasteiger partial charge >= 0.3 is 0 Å². The first-order chi connectivity index (χ1) is 8.07. The van der Waals surface area contributed by atoms with Crippen molar-refractivity contribution in [3.8, 4) is 5.75 Å². The Morgan fingerprint density at radius 2 is 1.88 bits per heavy atom. The van der Waals surface area contributed by atoms with E-state index >= 15 is 0 Å². The molecule has 3 heteroatoms. The molecule has 0 saturated carbocycles. The zero-order valence-electron chi connectivity index (χ0n) is 11.1. The summed E-state index contributed by atoms with van der Waals surface area (Å²) in [6, 6.07) is 8.22. The molecule has 0 saturated heterocycles. The Kier molecular flexibility index (Phi) is 5.45. The SMILES string of the molecule is COc1ccc(CCNC(C)(C)CCN)cc1. The quantitative estimate of drug-likeness (QED) is 0.760. The van der Waals surface area contributed by atoms with Crippen molar-refractivity contribution in [2.45, 2.75) is 32.2 Å². The molecule has 0 aliphatic heterocycles. The summed E-state index contributed by atoms with van der Waals surface area (Å²) in [6.45, 7) is 6.07. The van der Waals surface area contributed by atoms with E-state index in [1.807, 2.05) is 12.1 Å². The van der Waals surface area contributed by atoms with Gasteiger partial charge in [0.25, 0.3) is 0 Å². The number of benzene rings is 1. The molecule has 3 N–H and O–H groups in total. The van der Waals surface area contributed by atoms with Crippen LogP contribution in [0.3, 0.4) is 0 Å². The Morgan fingerprint density at radius 3 is 2.41 bits per heavy atom. The van der Waals surface area contributed by atoms with Gasteiger partial charge in [0.2, 0.25) is 0 Å². The van der Waals surface area contributed by atoms with Crippen molar-refractivity contribution in [3.63, 3.8) is 0 Å². The van der Waals surface area contributed by atoms with E-state index in [1.54, 1.807) is 7.11 Å². The summed E-state index contributed by atoms with van der Waals surface area (Å²) in [5.41, 5.74) is 7.02. The number of hydrogen-bond acceptors (Lipinski definition) is 3. The standard InChI is InChI=1S/C14H24N2O/c1-14(2,9-10-15)16-11-8-12-4-6-13(17-3)7-5-12/h4-7,16H,8-11,15H2,1-3H3. The third kappa shape index (κ3) is 5.20. The van der Waals surface area contributed by atoms with E-state index in [1.165, 1.54) is 5.56 Å². The summed E-state index contributed by atoms with van der Waals surface area (Å²) in [6.07, 6.45) is 2.02. The molecule has 0 atom stereocenters. The van der Waals surface area contributed by atoms with Crippen LogP contribution < -0.4 is 15.8 Å². The third-order valence-electron chi connectivity index (χ3n) is 2.95. The Labute approximate surface area is 104 Å². The Morgan fingerprint density at radius 1 is 1.24 bits per heavy atom. The molecule has 0 aliphatic rings. The molecule has 0 unspecified atom stereocenters. The van der Waals surface area contributed by atoms with Crippen LogP contribution in [0.1, 0.15) is 25.8 Å². The lowest BCUT2D eigenvalue weighted by Gasteiger charge is -2.25. The molecular weight excluding hydrogens is 212 g/mol. The van der Waals surface area contributed by atoms with Gasteiger partial charge in [0.1, 0.15) is 5.75 Å². The van der Waals surface area contributed by atoms with Gasteiger partial charge < -0.3 is 15.8 Å². The number of ether oxygens (including phenoxy) is 1. The molecule has 1 aromatic rings. The van der Waals surface area contributed by atoms with Gasteiger partial charge in [-0.05, 0) is 57.5 Å².